The van der Waals surface area contributed by atoms with Crippen LogP contribution in [0.1, 0.15) is 26.3 Å². The molecule has 2 amide bonds. The second-order valence-corrected chi connectivity index (χ2v) is 6.36. The van der Waals surface area contributed by atoms with E-state index < -0.39 is 12.1 Å². The van der Waals surface area contributed by atoms with Gasteiger partial charge in [-0.05, 0) is 38.5 Å². The SMILES string of the molecule is C[C@H](O)CNC(=O)NCc1ccc(N2C[C@@H](C)O[C@@H](C)C2)c(F)c1. The van der Waals surface area contributed by atoms with Gasteiger partial charge in [0.2, 0.25) is 0 Å². The second kappa shape index (κ2) is 8.30. The van der Waals surface area contributed by atoms with Crippen LogP contribution in [0.4, 0.5) is 14.9 Å². The van der Waals surface area contributed by atoms with E-state index in [-0.39, 0.29) is 31.1 Å². The molecule has 1 saturated heterocycles. The molecule has 1 aromatic carbocycles. The predicted molar refractivity (Wildman–Crippen MR) is 90.5 cm³/mol. The van der Waals surface area contributed by atoms with Gasteiger partial charge in [0, 0.05) is 26.2 Å². The Morgan fingerprint density at radius 3 is 2.62 bits per heavy atom. The summed E-state index contributed by atoms with van der Waals surface area (Å²) in [4.78, 5) is 13.5. The van der Waals surface area contributed by atoms with Gasteiger partial charge in [0.15, 0.2) is 0 Å². The fourth-order valence-electron chi connectivity index (χ4n) is 2.78. The lowest BCUT2D eigenvalue weighted by Gasteiger charge is -2.37. The van der Waals surface area contributed by atoms with Gasteiger partial charge in [-0.3, -0.25) is 0 Å². The van der Waals surface area contributed by atoms with E-state index >= 15 is 0 Å². The Morgan fingerprint density at radius 1 is 1.38 bits per heavy atom. The molecule has 2 rings (SSSR count). The quantitative estimate of drug-likeness (QED) is 0.762. The average molecular weight is 339 g/mol. The maximum Gasteiger partial charge on any atom is 0.315 e. The minimum absolute atomic E-state index is 0.0621. The van der Waals surface area contributed by atoms with Gasteiger partial charge in [0.25, 0.3) is 0 Å². The molecule has 0 radical (unpaired) electrons. The molecule has 134 valence electrons. The van der Waals surface area contributed by atoms with Crippen molar-refractivity contribution in [3.8, 4) is 0 Å². The predicted octanol–water partition coefficient (Wildman–Crippen LogP) is 1.62. The van der Waals surface area contributed by atoms with Gasteiger partial charge < -0.3 is 25.4 Å². The molecular formula is C17H26FN3O3. The number of ether oxygens (including phenoxy) is 1. The Morgan fingerprint density at radius 2 is 2.04 bits per heavy atom. The number of hydrogen-bond acceptors (Lipinski definition) is 4. The molecule has 1 aliphatic heterocycles. The van der Waals surface area contributed by atoms with Crippen molar-refractivity contribution in [3.63, 3.8) is 0 Å². The zero-order valence-corrected chi connectivity index (χ0v) is 14.4. The van der Waals surface area contributed by atoms with Crippen LogP contribution in [0.5, 0.6) is 0 Å². The number of nitrogens with zero attached hydrogens (tertiary/aromatic N) is 1. The summed E-state index contributed by atoms with van der Waals surface area (Å²) in [5.74, 6) is -0.306. The van der Waals surface area contributed by atoms with E-state index in [0.717, 1.165) is 0 Å². The third-order valence-electron chi connectivity index (χ3n) is 3.78. The molecule has 3 N–H and O–H groups in total. The molecule has 6 nitrogen and oxygen atoms in total. The number of urea groups is 1. The molecule has 0 spiro atoms. The van der Waals surface area contributed by atoms with Crippen molar-refractivity contribution in [3.05, 3.63) is 29.6 Å². The molecule has 1 aromatic rings. The van der Waals surface area contributed by atoms with Crippen LogP contribution in [0.25, 0.3) is 0 Å². The number of morpholine rings is 1. The summed E-state index contributed by atoms with van der Waals surface area (Å²) in [7, 11) is 0. The molecule has 0 bridgehead atoms. The van der Waals surface area contributed by atoms with Crippen molar-refractivity contribution in [2.45, 2.75) is 45.6 Å². The Kier molecular flexibility index (Phi) is 6.39. The van der Waals surface area contributed by atoms with Crippen LogP contribution in [0.15, 0.2) is 18.2 Å². The van der Waals surface area contributed by atoms with E-state index in [1.165, 1.54) is 6.07 Å². The molecular weight excluding hydrogens is 313 g/mol. The van der Waals surface area contributed by atoms with Crippen molar-refractivity contribution < 1.29 is 19.0 Å². The number of halogens is 1. The van der Waals surface area contributed by atoms with Crippen LogP contribution >= 0.6 is 0 Å². The van der Waals surface area contributed by atoms with Crippen molar-refractivity contribution in [2.75, 3.05) is 24.5 Å². The van der Waals surface area contributed by atoms with E-state index in [2.05, 4.69) is 10.6 Å². The third kappa shape index (κ3) is 5.35. The number of nitrogens with one attached hydrogen (secondary N) is 2. The Bertz CT molecular complexity index is 558. The van der Waals surface area contributed by atoms with Crippen molar-refractivity contribution in [1.82, 2.24) is 10.6 Å². The van der Waals surface area contributed by atoms with Crippen LogP contribution in [-0.4, -0.2) is 49.1 Å². The maximum absolute atomic E-state index is 14.4. The van der Waals surface area contributed by atoms with E-state index in [1.807, 2.05) is 18.7 Å². The number of aliphatic hydroxyl groups is 1. The minimum Gasteiger partial charge on any atom is -0.392 e. The first kappa shape index (κ1) is 18.5. The Hall–Kier alpha value is -1.86. The first-order valence-electron chi connectivity index (χ1n) is 8.23. The van der Waals surface area contributed by atoms with Crippen molar-refractivity contribution >= 4 is 11.7 Å². The number of aliphatic hydroxyl groups excluding tert-OH is 1. The van der Waals surface area contributed by atoms with Gasteiger partial charge in [0.05, 0.1) is 24.0 Å². The summed E-state index contributed by atoms with van der Waals surface area (Å²) in [6.45, 7) is 7.24. The van der Waals surface area contributed by atoms with Gasteiger partial charge >= 0.3 is 6.03 Å². The second-order valence-electron chi connectivity index (χ2n) is 6.36. The van der Waals surface area contributed by atoms with Gasteiger partial charge in [-0.2, -0.15) is 0 Å². The number of carbonyl (C=O) groups excluding carboxylic acids is 1. The molecule has 0 saturated carbocycles. The van der Waals surface area contributed by atoms with Crippen molar-refractivity contribution in [2.24, 2.45) is 0 Å². The van der Waals surface area contributed by atoms with Gasteiger partial charge in [-0.15, -0.1) is 0 Å². The van der Waals surface area contributed by atoms with E-state index in [9.17, 15) is 9.18 Å². The van der Waals surface area contributed by atoms with Crippen LogP contribution in [0.3, 0.4) is 0 Å². The van der Waals surface area contributed by atoms with Crippen LogP contribution in [0, 0.1) is 5.82 Å². The highest BCUT2D eigenvalue weighted by molar-refractivity contribution is 5.73. The third-order valence-corrected chi connectivity index (χ3v) is 3.78. The number of rotatable bonds is 5. The Labute approximate surface area is 142 Å². The monoisotopic (exact) mass is 339 g/mol. The molecule has 1 aliphatic rings. The van der Waals surface area contributed by atoms with Gasteiger partial charge in [0.1, 0.15) is 5.82 Å². The molecule has 0 aromatic heterocycles. The fraction of sp³-hybridized carbons (Fsp3) is 0.588. The summed E-state index contributed by atoms with van der Waals surface area (Å²) in [5.41, 5.74) is 1.23. The van der Waals surface area contributed by atoms with Crippen LogP contribution in [-0.2, 0) is 11.3 Å². The zero-order chi connectivity index (χ0) is 17.7. The molecule has 24 heavy (non-hydrogen) atoms. The van der Waals surface area contributed by atoms with Crippen LogP contribution in [0.2, 0.25) is 0 Å². The van der Waals surface area contributed by atoms with Crippen LogP contribution < -0.4 is 15.5 Å². The normalized spacial score (nSPS) is 22.1. The van der Waals surface area contributed by atoms with Gasteiger partial charge in [-0.1, -0.05) is 6.07 Å². The Balaban J connectivity index is 1.93. The molecule has 7 heteroatoms. The topological polar surface area (TPSA) is 73.8 Å². The maximum atomic E-state index is 14.4. The highest BCUT2D eigenvalue weighted by atomic mass is 19.1. The van der Waals surface area contributed by atoms with E-state index in [4.69, 9.17) is 9.84 Å². The van der Waals surface area contributed by atoms with Crippen molar-refractivity contribution in [1.29, 1.82) is 0 Å². The highest BCUT2D eigenvalue weighted by Crippen LogP contribution is 2.24. The fourth-order valence-corrected chi connectivity index (χ4v) is 2.78. The average Bonchev–Trinajstić information content (AvgIpc) is 2.50. The first-order chi connectivity index (χ1) is 11.3. The largest absolute Gasteiger partial charge is 0.392 e. The summed E-state index contributed by atoms with van der Waals surface area (Å²) in [5, 5.41) is 14.3. The molecule has 1 fully saturated rings. The summed E-state index contributed by atoms with van der Waals surface area (Å²) >= 11 is 0. The molecule has 0 unspecified atom stereocenters. The standard InChI is InChI=1S/C17H26FN3O3/c1-11(22)7-19-17(23)20-8-14-4-5-16(15(18)6-14)21-9-12(2)24-13(3)10-21/h4-6,11-13,22H,7-10H2,1-3H3,(H2,19,20,23)/t11-,12-,13+/m0/s1. The van der Waals surface area contributed by atoms with E-state index in [0.29, 0.717) is 24.3 Å². The zero-order valence-electron chi connectivity index (χ0n) is 14.4. The molecule has 0 aliphatic carbocycles. The first-order valence-corrected chi connectivity index (χ1v) is 8.23. The smallest absolute Gasteiger partial charge is 0.315 e. The summed E-state index contributed by atoms with van der Waals surface area (Å²) < 4.78 is 20.1. The highest BCUT2D eigenvalue weighted by Gasteiger charge is 2.24. The van der Waals surface area contributed by atoms with Gasteiger partial charge in [-0.25, -0.2) is 9.18 Å². The summed E-state index contributed by atoms with van der Waals surface area (Å²) in [6.07, 6.45) is -0.481. The lowest BCUT2D eigenvalue weighted by molar-refractivity contribution is -0.00539. The summed E-state index contributed by atoms with van der Waals surface area (Å²) in [6, 6.07) is 4.59. The van der Waals surface area contributed by atoms with E-state index in [1.54, 1.807) is 19.1 Å². The lowest BCUT2D eigenvalue weighted by Crippen LogP contribution is -2.45. The molecule has 1 heterocycles. The number of anilines is 1. The number of hydrogen-bond donors (Lipinski definition) is 3. The minimum atomic E-state index is -0.606. The number of benzene rings is 1. The number of amides is 2. The lowest BCUT2D eigenvalue weighted by atomic mass is 10.1. The number of carbonyl (C=O) groups is 1. The molecule has 3 atom stereocenters.